The van der Waals surface area contributed by atoms with Crippen molar-refractivity contribution >= 4 is 71.0 Å². The highest BCUT2D eigenvalue weighted by molar-refractivity contribution is 6.25. The molecular formula is C44H40N2. The molecule has 46 heavy (non-hydrogen) atoms. The first-order valence-electron chi connectivity index (χ1n) is 16.7. The van der Waals surface area contributed by atoms with E-state index in [4.69, 9.17) is 4.99 Å². The highest BCUT2D eigenvalue weighted by atomic mass is 15.3. The van der Waals surface area contributed by atoms with Crippen molar-refractivity contribution in [2.75, 3.05) is 0 Å². The monoisotopic (exact) mass is 596 g/mol. The van der Waals surface area contributed by atoms with Crippen LogP contribution < -0.4 is 0 Å². The first-order valence-corrected chi connectivity index (χ1v) is 16.7. The van der Waals surface area contributed by atoms with E-state index in [1.165, 1.54) is 75.8 Å². The lowest BCUT2D eigenvalue weighted by molar-refractivity contribution is 0.0994. The van der Waals surface area contributed by atoms with Gasteiger partial charge in [0.25, 0.3) is 0 Å². The second-order valence-corrected chi connectivity index (χ2v) is 15.8. The summed E-state index contributed by atoms with van der Waals surface area (Å²) < 4.78 is 0. The number of hydrogen-bond donors (Lipinski definition) is 0. The van der Waals surface area contributed by atoms with Gasteiger partial charge in [-0.15, -0.1) is 0 Å². The van der Waals surface area contributed by atoms with Crippen LogP contribution in [0.5, 0.6) is 0 Å². The van der Waals surface area contributed by atoms with Crippen molar-refractivity contribution in [1.29, 1.82) is 0 Å². The summed E-state index contributed by atoms with van der Waals surface area (Å²) in [5.41, 5.74) is 2.71. The molecule has 9 rings (SSSR count). The summed E-state index contributed by atoms with van der Waals surface area (Å²) in [7, 11) is 0. The Morgan fingerprint density at radius 3 is 1.28 bits per heavy atom. The van der Waals surface area contributed by atoms with Crippen LogP contribution in [0, 0.1) is 10.8 Å². The topological polar surface area (TPSA) is 15.6 Å². The molecule has 8 aromatic carbocycles. The third-order valence-corrected chi connectivity index (χ3v) is 10.8. The maximum Gasteiger partial charge on any atom is 0.0865 e. The first kappa shape index (κ1) is 27.6. The van der Waals surface area contributed by atoms with Gasteiger partial charge in [-0.05, 0) is 86.6 Å². The zero-order valence-corrected chi connectivity index (χ0v) is 27.6. The standard InChI is InChI=1S/C44H40N2/c1-43(2,3)41-42(44(4,5)6)46(25-45-41)40(34-23-19-30-15-13-26-9-7-11-28-17-21-32(34)38(30)36(26)28)35-24-20-31-16-14-27-10-8-12-29-18-22-33(35)39(31)37(27)29/h7-25,40-42H,1-6H3/t41-,42-/m0/s1. The molecular weight excluding hydrogens is 556 g/mol. The molecule has 0 bridgehead atoms. The molecule has 1 aliphatic rings. The molecule has 2 atom stereocenters. The Morgan fingerprint density at radius 1 is 0.478 bits per heavy atom. The van der Waals surface area contributed by atoms with Crippen molar-refractivity contribution in [1.82, 2.24) is 4.90 Å². The molecule has 0 aromatic heterocycles. The molecule has 226 valence electrons. The Hall–Kier alpha value is -4.69. The second-order valence-electron chi connectivity index (χ2n) is 15.8. The average Bonchev–Trinajstić information content (AvgIpc) is 3.50. The molecule has 0 aliphatic carbocycles. The number of benzene rings is 8. The van der Waals surface area contributed by atoms with Crippen LogP contribution in [0.25, 0.3) is 64.6 Å². The van der Waals surface area contributed by atoms with Gasteiger partial charge in [-0.1, -0.05) is 151 Å². The smallest absolute Gasteiger partial charge is 0.0865 e. The Balaban J connectivity index is 1.39. The van der Waals surface area contributed by atoms with Crippen molar-refractivity contribution in [3.8, 4) is 0 Å². The molecule has 1 aliphatic heterocycles. The molecule has 0 spiro atoms. The summed E-state index contributed by atoms with van der Waals surface area (Å²) in [5, 5.41) is 15.9. The first-order chi connectivity index (χ1) is 22.1. The third-order valence-electron chi connectivity index (χ3n) is 10.8. The van der Waals surface area contributed by atoms with Crippen LogP contribution in [0.15, 0.2) is 114 Å². The molecule has 2 heteroatoms. The number of nitrogens with zero attached hydrogens (tertiary/aromatic N) is 2. The summed E-state index contributed by atoms with van der Waals surface area (Å²) in [6.07, 6.45) is 2.20. The van der Waals surface area contributed by atoms with Crippen LogP contribution >= 0.6 is 0 Å². The maximum atomic E-state index is 5.33. The molecule has 0 amide bonds. The van der Waals surface area contributed by atoms with E-state index in [0.29, 0.717) is 0 Å². The van der Waals surface area contributed by atoms with Crippen molar-refractivity contribution in [2.45, 2.75) is 59.7 Å². The fourth-order valence-corrected chi connectivity index (χ4v) is 8.79. The zero-order chi connectivity index (χ0) is 31.5. The lowest BCUT2D eigenvalue weighted by Gasteiger charge is -2.46. The quantitative estimate of drug-likeness (QED) is 0.185. The van der Waals surface area contributed by atoms with E-state index in [2.05, 4.69) is 162 Å². The summed E-state index contributed by atoms with van der Waals surface area (Å²) in [6.45, 7) is 14.2. The normalized spacial score (nSPS) is 17.8. The number of hydrogen-bond acceptors (Lipinski definition) is 2. The number of aliphatic imine (C=N–C) groups is 1. The highest BCUT2D eigenvalue weighted by Crippen LogP contribution is 2.49. The summed E-state index contributed by atoms with van der Waals surface area (Å²) in [4.78, 5) is 7.97. The highest BCUT2D eigenvalue weighted by Gasteiger charge is 2.47. The average molecular weight is 597 g/mol. The van der Waals surface area contributed by atoms with E-state index in [0.717, 1.165) is 0 Å². The minimum Gasteiger partial charge on any atom is -0.346 e. The van der Waals surface area contributed by atoms with Crippen LogP contribution in [0.4, 0.5) is 0 Å². The Bertz CT molecular complexity index is 2290. The van der Waals surface area contributed by atoms with Crippen LogP contribution in [0.3, 0.4) is 0 Å². The third kappa shape index (κ3) is 3.86. The lowest BCUT2D eigenvalue weighted by atomic mass is 9.72. The SMILES string of the molecule is CC(C)(C)[C@@H]1[C@@H](C(C)(C)C)N=CN1C(c1ccc2ccc3cccc4ccc1c2c34)c1ccc2ccc3cccc4ccc1c2c34. The molecule has 0 unspecified atom stereocenters. The van der Waals surface area contributed by atoms with Crippen molar-refractivity contribution in [2.24, 2.45) is 15.8 Å². The van der Waals surface area contributed by atoms with Gasteiger partial charge in [-0.3, -0.25) is 4.99 Å². The minimum absolute atomic E-state index is 0.000266. The van der Waals surface area contributed by atoms with Gasteiger partial charge in [-0.2, -0.15) is 0 Å². The van der Waals surface area contributed by atoms with E-state index in [-0.39, 0.29) is 29.0 Å². The molecule has 0 radical (unpaired) electrons. The van der Waals surface area contributed by atoms with Crippen molar-refractivity contribution < 1.29 is 0 Å². The van der Waals surface area contributed by atoms with Gasteiger partial charge in [0, 0.05) is 0 Å². The predicted octanol–water partition coefficient (Wildman–Crippen LogP) is 11.7. The van der Waals surface area contributed by atoms with Gasteiger partial charge >= 0.3 is 0 Å². The van der Waals surface area contributed by atoms with Gasteiger partial charge in [0.15, 0.2) is 0 Å². The summed E-state index contributed by atoms with van der Waals surface area (Å²) in [6, 6.07) is 41.8. The van der Waals surface area contributed by atoms with Gasteiger partial charge in [0.1, 0.15) is 0 Å². The fraction of sp³-hybridized carbons (Fsp3) is 0.250. The predicted molar refractivity (Wildman–Crippen MR) is 199 cm³/mol. The zero-order valence-electron chi connectivity index (χ0n) is 27.6. The Labute approximate surface area is 271 Å². The van der Waals surface area contributed by atoms with E-state index in [9.17, 15) is 0 Å². The molecule has 1 heterocycles. The maximum absolute atomic E-state index is 5.33. The minimum atomic E-state index is -0.0190. The van der Waals surface area contributed by atoms with Gasteiger partial charge in [0.05, 0.1) is 24.5 Å². The van der Waals surface area contributed by atoms with Gasteiger partial charge < -0.3 is 4.90 Å². The molecule has 0 N–H and O–H groups in total. The Kier molecular flexibility index (Phi) is 5.65. The van der Waals surface area contributed by atoms with Gasteiger partial charge in [0.2, 0.25) is 0 Å². The van der Waals surface area contributed by atoms with Crippen molar-refractivity contribution in [3.05, 3.63) is 120 Å². The second kappa shape index (κ2) is 9.42. The van der Waals surface area contributed by atoms with E-state index in [1.54, 1.807) is 0 Å². The fourth-order valence-electron chi connectivity index (χ4n) is 8.79. The summed E-state index contributed by atoms with van der Waals surface area (Å²) in [5.74, 6) is 0. The molecule has 0 saturated heterocycles. The molecule has 0 fully saturated rings. The lowest BCUT2D eigenvalue weighted by Crippen LogP contribution is -2.51. The molecule has 0 saturated carbocycles. The molecule has 2 nitrogen and oxygen atoms in total. The Morgan fingerprint density at radius 2 is 0.870 bits per heavy atom. The van der Waals surface area contributed by atoms with Crippen LogP contribution in [-0.2, 0) is 0 Å². The van der Waals surface area contributed by atoms with E-state index >= 15 is 0 Å². The van der Waals surface area contributed by atoms with E-state index < -0.39 is 0 Å². The van der Waals surface area contributed by atoms with Crippen molar-refractivity contribution in [3.63, 3.8) is 0 Å². The van der Waals surface area contributed by atoms with E-state index in [1.807, 2.05) is 0 Å². The summed E-state index contributed by atoms with van der Waals surface area (Å²) >= 11 is 0. The molecule has 8 aromatic rings. The van der Waals surface area contributed by atoms with Gasteiger partial charge in [-0.25, -0.2) is 0 Å². The largest absolute Gasteiger partial charge is 0.346 e. The number of rotatable bonds is 3. The van der Waals surface area contributed by atoms with Crippen LogP contribution in [-0.4, -0.2) is 23.3 Å². The van der Waals surface area contributed by atoms with Crippen LogP contribution in [0.1, 0.15) is 58.7 Å². The van der Waals surface area contributed by atoms with Crippen LogP contribution in [0.2, 0.25) is 0 Å².